The first-order valence-electron chi connectivity index (χ1n) is 13.7. The zero-order valence-electron chi connectivity index (χ0n) is 23.0. The van der Waals surface area contributed by atoms with E-state index < -0.39 is 11.2 Å². The third-order valence-electron chi connectivity index (χ3n) is 7.97. The van der Waals surface area contributed by atoms with Crippen LogP contribution in [-0.2, 0) is 27.2 Å². The third kappa shape index (κ3) is 4.89. The van der Waals surface area contributed by atoms with Crippen molar-refractivity contribution in [1.82, 2.24) is 19.8 Å². The van der Waals surface area contributed by atoms with Crippen LogP contribution < -0.4 is 0 Å². The number of pyridine rings is 1. The SMILES string of the molecule is Cc1c[nH]c2ncc(-c3cc4c(c([C@@H]5COCCN5C(=O)OC(C)(C)C)c3)CN(C(=O)C3(O)CC3)CC4)cc12. The van der Waals surface area contributed by atoms with E-state index in [0.29, 0.717) is 52.1 Å². The quantitative estimate of drug-likeness (QED) is 0.522. The van der Waals surface area contributed by atoms with Gasteiger partial charge in [-0.3, -0.25) is 9.69 Å². The lowest BCUT2D eigenvalue weighted by Gasteiger charge is -2.40. The van der Waals surface area contributed by atoms with Crippen LogP contribution in [0.15, 0.2) is 30.6 Å². The number of carbonyl (C=O) groups is 2. The average molecular weight is 533 g/mol. The molecule has 3 aromatic rings. The highest BCUT2D eigenvalue weighted by molar-refractivity contribution is 5.88. The summed E-state index contributed by atoms with van der Waals surface area (Å²) in [7, 11) is 0. The van der Waals surface area contributed by atoms with Gasteiger partial charge in [-0.15, -0.1) is 0 Å². The zero-order valence-corrected chi connectivity index (χ0v) is 23.0. The molecular formula is C30H36N4O5. The fourth-order valence-electron chi connectivity index (χ4n) is 5.65. The fourth-order valence-corrected chi connectivity index (χ4v) is 5.65. The Balaban J connectivity index is 1.44. The Hall–Kier alpha value is -3.43. The summed E-state index contributed by atoms with van der Waals surface area (Å²) in [6, 6.07) is 6.07. The summed E-state index contributed by atoms with van der Waals surface area (Å²) in [6.07, 6.45) is 5.13. The van der Waals surface area contributed by atoms with Gasteiger partial charge in [0.05, 0.1) is 19.3 Å². The molecule has 9 nitrogen and oxygen atoms in total. The number of fused-ring (bicyclic) bond motifs is 2. The van der Waals surface area contributed by atoms with E-state index in [0.717, 1.165) is 44.4 Å². The van der Waals surface area contributed by atoms with Gasteiger partial charge >= 0.3 is 6.09 Å². The number of aromatic amines is 1. The monoisotopic (exact) mass is 532 g/mol. The number of hydrogen-bond acceptors (Lipinski definition) is 6. The summed E-state index contributed by atoms with van der Waals surface area (Å²) in [5, 5.41) is 11.6. The summed E-state index contributed by atoms with van der Waals surface area (Å²) in [4.78, 5) is 37.8. The molecule has 0 spiro atoms. The topological polar surface area (TPSA) is 108 Å². The third-order valence-corrected chi connectivity index (χ3v) is 7.97. The van der Waals surface area contributed by atoms with E-state index in [1.807, 2.05) is 33.2 Å². The second kappa shape index (κ2) is 9.34. The number of carbonyl (C=O) groups excluding carboxylic acids is 2. The molecule has 1 saturated carbocycles. The molecular weight excluding hydrogens is 496 g/mol. The lowest BCUT2D eigenvalue weighted by atomic mass is 9.86. The van der Waals surface area contributed by atoms with E-state index in [9.17, 15) is 14.7 Å². The van der Waals surface area contributed by atoms with Crippen molar-refractivity contribution < 1.29 is 24.2 Å². The predicted molar refractivity (Wildman–Crippen MR) is 146 cm³/mol. The minimum absolute atomic E-state index is 0.204. The molecule has 6 rings (SSSR count). The van der Waals surface area contributed by atoms with Gasteiger partial charge in [0, 0.05) is 43.0 Å². The summed E-state index contributed by atoms with van der Waals surface area (Å²) in [5.41, 5.74) is 5.21. The number of H-pyrrole nitrogens is 1. The summed E-state index contributed by atoms with van der Waals surface area (Å²) in [5.74, 6) is -0.204. The molecule has 0 unspecified atom stereocenters. The normalized spacial score (nSPS) is 20.6. The molecule has 2 N–H and O–H groups in total. The van der Waals surface area contributed by atoms with Gasteiger partial charge in [-0.2, -0.15) is 0 Å². The van der Waals surface area contributed by atoms with Crippen LogP contribution in [0.1, 0.15) is 61.9 Å². The lowest BCUT2D eigenvalue weighted by Crippen LogP contribution is -2.47. The van der Waals surface area contributed by atoms with Gasteiger partial charge in [-0.1, -0.05) is 6.07 Å². The van der Waals surface area contributed by atoms with Crippen LogP contribution in [0.25, 0.3) is 22.2 Å². The summed E-state index contributed by atoms with van der Waals surface area (Å²) >= 11 is 0. The number of aliphatic hydroxyl groups is 1. The molecule has 2 aromatic heterocycles. The van der Waals surface area contributed by atoms with Gasteiger partial charge in [0.25, 0.3) is 5.91 Å². The Morgan fingerprint density at radius 3 is 2.72 bits per heavy atom. The van der Waals surface area contributed by atoms with E-state index >= 15 is 0 Å². The highest BCUT2D eigenvalue weighted by Crippen LogP contribution is 2.41. The first kappa shape index (κ1) is 25.8. The fraction of sp³-hybridized carbons (Fsp3) is 0.500. The zero-order chi connectivity index (χ0) is 27.5. The van der Waals surface area contributed by atoms with E-state index in [1.165, 1.54) is 0 Å². The van der Waals surface area contributed by atoms with Crippen molar-refractivity contribution >= 4 is 23.0 Å². The smallest absolute Gasteiger partial charge is 0.410 e. The van der Waals surface area contributed by atoms with Gasteiger partial charge in [0.15, 0.2) is 0 Å². The van der Waals surface area contributed by atoms with Crippen molar-refractivity contribution in [3.63, 3.8) is 0 Å². The largest absolute Gasteiger partial charge is 0.444 e. The molecule has 2 amide bonds. The highest BCUT2D eigenvalue weighted by Gasteiger charge is 2.50. The Bertz CT molecular complexity index is 1450. The first-order valence-corrected chi connectivity index (χ1v) is 13.7. The Morgan fingerprint density at radius 1 is 1.18 bits per heavy atom. The molecule has 1 atom stereocenters. The second-order valence-electron chi connectivity index (χ2n) is 12.1. The van der Waals surface area contributed by atoms with E-state index in [1.54, 1.807) is 9.80 Å². The number of nitrogens with one attached hydrogen (secondary N) is 1. The number of ether oxygens (including phenoxy) is 2. The Morgan fingerprint density at radius 2 is 1.97 bits per heavy atom. The number of amides is 2. The number of benzene rings is 1. The molecule has 39 heavy (non-hydrogen) atoms. The van der Waals surface area contributed by atoms with Crippen molar-refractivity contribution in [1.29, 1.82) is 0 Å². The van der Waals surface area contributed by atoms with Crippen LogP contribution in [-0.4, -0.2) is 74.4 Å². The number of aryl methyl sites for hydroxylation is 1. The lowest BCUT2D eigenvalue weighted by molar-refractivity contribution is -0.143. The van der Waals surface area contributed by atoms with Crippen LogP contribution >= 0.6 is 0 Å². The maximum Gasteiger partial charge on any atom is 0.410 e. The number of morpholine rings is 1. The maximum atomic E-state index is 13.3. The van der Waals surface area contributed by atoms with Crippen LogP contribution in [0.2, 0.25) is 0 Å². The van der Waals surface area contributed by atoms with Crippen molar-refractivity contribution in [3.8, 4) is 11.1 Å². The van der Waals surface area contributed by atoms with E-state index in [2.05, 4.69) is 35.1 Å². The molecule has 0 radical (unpaired) electrons. The molecule has 2 aliphatic heterocycles. The molecule has 1 saturated heterocycles. The molecule has 1 aliphatic carbocycles. The number of aromatic nitrogens is 2. The standard InChI is InChI=1S/C30H36N4O5/c1-18-14-31-26-22(18)13-21(15-32-26)20-11-19-5-8-33(27(35)30(37)6-7-30)16-24(19)23(12-20)25-17-38-10-9-34(25)28(36)39-29(2,3)4/h11-15,25,37H,5-10,16-17H2,1-4H3,(H,31,32)/t25-/m0/s1. The number of nitrogens with zero attached hydrogens (tertiary/aromatic N) is 3. The molecule has 0 bridgehead atoms. The number of rotatable bonds is 3. The Kier molecular flexibility index (Phi) is 6.19. The summed E-state index contributed by atoms with van der Waals surface area (Å²) < 4.78 is 11.7. The van der Waals surface area contributed by atoms with Crippen LogP contribution in [0.3, 0.4) is 0 Å². The van der Waals surface area contributed by atoms with Crippen molar-refractivity contribution in [3.05, 3.63) is 52.8 Å². The van der Waals surface area contributed by atoms with Gasteiger partial charge in [-0.05, 0) is 86.9 Å². The first-order chi connectivity index (χ1) is 18.5. The van der Waals surface area contributed by atoms with Crippen molar-refractivity contribution in [2.24, 2.45) is 0 Å². The van der Waals surface area contributed by atoms with E-state index in [-0.39, 0.29) is 18.0 Å². The minimum Gasteiger partial charge on any atom is -0.444 e. The molecule has 1 aromatic carbocycles. The molecule has 3 aliphatic rings. The van der Waals surface area contributed by atoms with E-state index in [4.69, 9.17) is 9.47 Å². The van der Waals surface area contributed by atoms with Gasteiger partial charge in [0.2, 0.25) is 0 Å². The maximum absolute atomic E-state index is 13.3. The molecule has 9 heteroatoms. The van der Waals surface area contributed by atoms with Crippen LogP contribution in [0.4, 0.5) is 4.79 Å². The Labute approximate surface area is 228 Å². The molecule has 4 heterocycles. The highest BCUT2D eigenvalue weighted by atomic mass is 16.6. The summed E-state index contributed by atoms with van der Waals surface area (Å²) in [6.45, 7) is 9.76. The van der Waals surface area contributed by atoms with Gasteiger partial charge in [0.1, 0.15) is 16.8 Å². The van der Waals surface area contributed by atoms with Crippen molar-refractivity contribution in [2.75, 3.05) is 26.3 Å². The van der Waals surface area contributed by atoms with Gasteiger partial charge < -0.3 is 24.5 Å². The molecule has 2 fully saturated rings. The molecule has 206 valence electrons. The van der Waals surface area contributed by atoms with Crippen LogP contribution in [0, 0.1) is 6.92 Å². The average Bonchev–Trinajstić information content (AvgIpc) is 3.57. The van der Waals surface area contributed by atoms with Crippen molar-refractivity contribution in [2.45, 2.75) is 70.7 Å². The van der Waals surface area contributed by atoms with Gasteiger partial charge in [-0.25, -0.2) is 9.78 Å². The predicted octanol–water partition coefficient (Wildman–Crippen LogP) is 4.26. The van der Waals surface area contributed by atoms with Crippen LogP contribution in [0.5, 0.6) is 0 Å². The number of hydrogen-bond donors (Lipinski definition) is 2. The second-order valence-corrected chi connectivity index (χ2v) is 12.1. The minimum atomic E-state index is -1.22.